The van der Waals surface area contributed by atoms with Crippen LogP contribution >= 0.6 is 31.4 Å². The van der Waals surface area contributed by atoms with E-state index in [2.05, 4.69) is 0 Å². The largest absolute Gasteiger partial charge is 0.481 e. The highest BCUT2D eigenvalue weighted by atomic mass is 33.5. The van der Waals surface area contributed by atoms with Crippen molar-refractivity contribution in [2.24, 2.45) is 0 Å². The molecule has 0 radical (unpaired) electrons. The van der Waals surface area contributed by atoms with Crippen LogP contribution in [0.15, 0.2) is 0 Å². The molecule has 1 aliphatic rings. The molecule has 1 rings (SSSR count). The second-order valence-electron chi connectivity index (χ2n) is 3.04. The summed E-state index contributed by atoms with van der Waals surface area (Å²) in [5, 5.41) is 9.20. The molecule has 1 heterocycles. The lowest BCUT2D eigenvalue weighted by molar-refractivity contribution is -0.137. The van der Waals surface area contributed by atoms with E-state index in [1.54, 1.807) is 0 Å². The van der Waals surface area contributed by atoms with Crippen molar-refractivity contribution in [2.75, 3.05) is 5.75 Å². The molecule has 0 spiro atoms. The lowest BCUT2D eigenvalue weighted by Gasteiger charge is -2.18. The van der Waals surface area contributed by atoms with Crippen molar-refractivity contribution in [3.8, 4) is 0 Å². The number of hydrogen-bond acceptors (Lipinski definition) is 4. The predicted molar refractivity (Wildman–Crippen MR) is 62.1 cm³/mol. The Balaban J connectivity index is 1.95. The minimum absolute atomic E-state index is 0.333. The van der Waals surface area contributed by atoms with Crippen molar-refractivity contribution in [2.45, 2.75) is 37.4 Å². The molecule has 5 heteroatoms. The summed E-state index contributed by atoms with van der Waals surface area (Å²) >= 11 is 0. The van der Waals surface area contributed by atoms with Gasteiger partial charge in [-0.05, 0) is 29.1 Å². The highest BCUT2D eigenvalue weighted by Crippen LogP contribution is 2.45. The summed E-state index contributed by atoms with van der Waals surface area (Å²) in [6.45, 7) is 0. The van der Waals surface area contributed by atoms with Gasteiger partial charge in [-0.1, -0.05) is 28.0 Å². The quantitative estimate of drug-likeness (QED) is 0.586. The van der Waals surface area contributed by atoms with Crippen LogP contribution in [0.1, 0.15) is 32.1 Å². The van der Waals surface area contributed by atoms with Gasteiger partial charge in [-0.2, -0.15) is 0 Å². The maximum atomic E-state index is 10.2. The summed E-state index contributed by atoms with van der Waals surface area (Å²) < 4.78 is 0. The number of hydrogen-bond donors (Lipinski definition) is 1. The second-order valence-corrected chi connectivity index (χ2v) is 7.59. The number of rotatable bonds is 5. The maximum absolute atomic E-state index is 10.2. The highest BCUT2D eigenvalue weighted by Gasteiger charge is 2.14. The van der Waals surface area contributed by atoms with E-state index in [9.17, 15) is 4.79 Å². The van der Waals surface area contributed by atoms with Gasteiger partial charge < -0.3 is 5.11 Å². The average Bonchev–Trinajstić information content (AvgIpc) is 2.14. The summed E-state index contributed by atoms with van der Waals surface area (Å²) in [5.74, 6) is 0.586. The Morgan fingerprint density at radius 2 is 2.31 bits per heavy atom. The molecule has 0 aromatic rings. The zero-order chi connectivity index (χ0) is 9.52. The Hall–Kier alpha value is 0.520. The molecule has 1 N–H and O–H groups in total. The minimum atomic E-state index is -0.666. The molecule has 1 aliphatic heterocycles. The molecule has 0 bridgehead atoms. The van der Waals surface area contributed by atoms with E-state index in [1.807, 2.05) is 31.4 Å². The number of unbranched alkanes of at least 4 members (excludes halogenated alkanes) is 1. The monoisotopic (exact) mass is 238 g/mol. The normalized spacial score (nSPS) is 22.9. The van der Waals surface area contributed by atoms with Gasteiger partial charge in [0.2, 0.25) is 0 Å². The lowest BCUT2D eigenvalue weighted by Crippen LogP contribution is -2.05. The van der Waals surface area contributed by atoms with Crippen LogP contribution in [0.3, 0.4) is 0 Å². The van der Waals surface area contributed by atoms with E-state index in [0.717, 1.165) is 18.1 Å². The predicted octanol–water partition coefficient (Wildman–Crippen LogP) is 3.43. The van der Waals surface area contributed by atoms with Gasteiger partial charge >= 0.3 is 5.97 Å². The fourth-order valence-electron chi connectivity index (χ4n) is 1.19. The summed E-state index contributed by atoms with van der Waals surface area (Å²) in [4.78, 5) is 10.2. The van der Waals surface area contributed by atoms with Gasteiger partial charge in [-0.15, -0.1) is 0 Å². The van der Waals surface area contributed by atoms with Gasteiger partial charge in [0.15, 0.2) is 0 Å². The van der Waals surface area contributed by atoms with Gasteiger partial charge in [0.1, 0.15) is 0 Å². The van der Waals surface area contributed by atoms with E-state index in [0.29, 0.717) is 6.42 Å². The SMILES string of the molecule is O=C(O)CCCCC1CCSSS1. The average molecular weight is 238 g/mol. The molecule has 0 saturated carbocycles. The van der Waals surface area contributed by atoms with Gasteiger partial charge in [-0.3, -0.25) is 4.79 Å². The molecule has 1 atom stereocenters. The van der Waals surface area contributed by atoms with Gasteiger partial charge in [-0.25, -0.2) is 0 Å². The first-order valence-corrected chi connectivity index (χ1v) is 8.17. The van der Waals surface area contributed by atoms with E-state index in [1.165, 1.54) is 18.6 Å². The van der Waals surface area contributed by atoms with Gasteiger partial charge in [0.05, 0.1) is 0 Å². The first kappa shape index (κ1) is 11.6. The highest BCUT2D eigenvalue weighted by molar-refractivity contribution is 9.09. The maximum Gasteiger partial charge on any atom is 0.303 e. The van der Waals surface area contributed by atoms with E-state index < -0.39 is 5.97 Å². The van der Waals surface area contributed by atoms with Crippen LogP contribution in [-0.2, 0) is 4.79 Å². The van der Waals surface area contributed by atoms with E-state index >= 15 is 0 Å². The van der Waals surface area contributed by atoms with Crippen LogP contribution < -0.4 is 0 Å². The molecule has 1 unspecified atom stereocenters. The molecule has 0 aromatic heterocycles. The smallest absolute Gasteiger partial charge is 0.303 e. The van der Waals surface area contributed by atoms with Crippen LogP contribution in [-0.4, -0.2) is 22.1 Å². The molecule has 1 saturated heterocycles. The van der Waals surface area contributed by atoms with Crippen molar-refractivity contribution in [3.05, 3.63) is 0 Å². The van der Waals surface area contributed by atoms with Crippen molar-refractivity contribution in [1.82, 2.24) is 0 Å². The summed E-state index contributed by atoms with van der Waals surface area (Å²) in [6.07, 6.45) is 4.71. The fraction of sp³-hybridized carbons (Fsp3) is 0.875. The molecular formula is C8H14O2S3. The Bertz CT molecular complexity index is 157. The lowest BCUT2D eigenvalue weighted by atomic mass is 10.1. The molecule has 76 valence electrons. The summed E-state index contributed by atoms with van der Waals surface area (Å²) in [7, 11) is 5.77. The van der Waals surface area contributed by atoms with Crippen LogP contribution in [0.5, 0.6) is 0 Å². The summed E-state index contributed by atoms with van der Waals surface area (Å²) in [6, 6.07) is 0. The zero-order valence-electron chi connectivity index (χ0n) is 7.40. The molecule has 0 amide bonds. The molecule has 0 aliphatic carbocycles. The molecule has 13 heavy (non-hydrogen) atoms. The van der Waals surface area contributed by atoms with Crippen LogP contribution in [0.2, 0.25) is 0 Å². The Labute approximate surface area is 90.4 Å². The second kappa shape index (κ2) is 6.90. The van der Waals surface area contributed by atoms with E-state index in [4.69, 9.17) is 5.11 Å². The van der Waals surface area contributed by atoms with Crippen molar-refractivity contribution >= 4 is 37.4 Å². The number of carboxylic acids is 1. The minimum Gasteiger partial charge on any atom is -0.481 e. The Morgan fingerprint density at radius 1 is 1.46 bits per heavy atom. The first-order valence-electron chi connectivity index (χ1n) is 4.46. The molecule has 0 aromatic carbocycles. The summed E-state index contributed by atoms with van der Waals surface area (Å²) in [5.41, 5.74) is 0. The number of aliphatic carboxylic acids is 1. The molecule has 2 nitrogen and oxygen atoms in total. The third-order valence-electron chi connectivity index (χ3n) is 1.91. The van der Waals surface area contributed by atoms with Gasteiger partial charge in [0, 0.05) is 17.4 Å². The van der Waals surface area contributed by atoms with Crippen LogP contribution in [0.25, 0.3) is 0 Å². The fourth-order valence-corrected chi connectivity index (χ4v) is 6.11. The van der Waals surface area contributed by atoms with Crippen LogP contribution in [0, 0.1) is 0 Å². The van der Waals surface area contributed by atoms with Crippen molar-refractivity contribution < 1.29 is 9.90 Å². The van der Waals surface area contributed by atoms with Crippen molar-refractivity contribution in [1.29, 1.82) is 0 Å². The standard InChI is InChI=1S/C8H14O2S3/c9-8(10)4-2-1-3-7-5-6-11-13-12-7/h7H,1-6H2,(H,9,10). The number of carbonyl (C=O) groups is 1. The number of carboxylic acid groups (broad SMARTS) is 1. The molecule has 1 fully saturated rings. The topological polar surface area (TPSA) is 37.3 Å². The zero-order valence-corrected chi connectivity index (χ0v) is 9.85. The Kier molecular flexibility index (Phi) is 6.15. The third kappa shape index (κ3) is 5.75. The third-order valence-corrected chi connectivity index (χ3v) is 6.65. The van der Waals surface area contributed by atoms with Crippen molar-refractivity contribution in [3.63, 3.8) is 0 Å². The van der Waals surface area contributed by atoms with Gasteiger partial charge in [0.25, 0.3) is 0 Å². The molecular weight excluding hydrogens is 224 g/mol. The first-order chi connectivity index (χ1) is 6.29. The Morgan fingerprint density at radius 3 is 2.92 bits per heavy atom. The van der Waals surface area contributed by atoms with E-state index in [-0.39, 0.29) is 0 Å². The van der Waals surface area contributed by atoms with Crippen LogP contribution in [0.4, 0.5) is 0 Å².